The first-order valence-corrected chi connectivity index (χ1v) is 7.53. The molecule has 1 amide bonds. The van der Waals surface area contributed by atoms with Gasteiger partial charge in [-0.2, -0.15) is 5.21 Å². The number of hydrogen-bond acceptors (Lipinski definition) is 4. The van der Waals surface area contributed by atoms with E-state index in [2.05, 4.69) is 20.6 Å². The Labute approximate surface area is 142 Å². The molecule has 3 aromatic rings. The molecule has 3 rings (SSSR count). The van der Waals surface area contributed by atoms with Crippen molar-refractivity contribution < 1.29 is 13.6 Å². The average Bonchev–Trinajstić information content (AvgIpc) is 3.17. The van der Waals surface area contributed by atoms with Gasteiger partial charge in [-0.1, -0.05) is 18.2 Å². The average molecular weight is 343 g/mol. The molecule has 25 heavy (non-hydrogen) atoms. The molecule has 0 radical (unpaired) electrons. The van der Waals surface area contributed by atoms with Gasteiger partial charge in [0.2, 0.25) is 5.82 Å². The zero-order chi connectivity index (χ0) is 18.0. The number of nitrogens with one attached hydrogen (secondary N) is 1. The molecule has 0 aliphatic rings. The van der Waals surface area contributed by atoms with Gasteiger partial charge < -0.3 is 4.90 Å². The molecule has 1 N–H and O–H groups in total. The second-order valence-corrected chi connectivity index (χ2v) is 5.58. The van der Waals surface area contributed by atoms with E-state index in [0.29, 0.717) is 17.0 Å². The van der Waals surface area contributed by atoms with Crippen molar-refractivity contribution in [1.29, 1.82) is 0 Å². The number of carbonyl (C=O) groups excluding carboxylic acids is 1. The fourth-order valence-corrected chi connectivity index (χ4v) is 2.42. The Bertz CT molecular complexity index is 881. The molecular weight excluding hydrogens is 328 g/mol. The summed E-state index contributed by atoms with van der Waals surface area (Å²) < 4.78 is 26.5. The molecule has 1 aromatic heterocycles. The number of tetrazole rings is 1. The van der Waals surface area contributed by atoms with E-state index in [-0.39, 0.29) is 5.91 Å². The maximum absolute atomic E-state index is 13.4. The molecule has 0 saturated carbocycles. The molecule has 0 spiro atoms. The second-order valence-electron chi connectivity index (χ2n) is 5.58. The molecule has 0 aliphatic heterocycles. The van der Waals surface area contributed by atoms with Gasteiger partial charge in [-0.3, -0.25) is 4.79 Å². The zero-order valence-electron chi connectivity index (χ0n) is 13.6. The lowest BCUT2D eigenvalue weighted by Gasteiger charge is -2.25. The summed E-state index contributed by atoms with van der Waals surface area (Å²) in [7, 11) is 1.61. The van der Waals surface area contributed by atoms with Gasteiger partial charge in [0.05, 0.1) is 6.04 Å². The zero-order valence-corrected chi connectivity index (χ0v) is 13.6. The normalized spacial score (nSPS) is 12.0. The summed E-state index contributed by atoms with van der Waals surface area (Å²) in [4.78, 5) is 14.1. The molecule has 1 heterocycles. The third kappa shape index (κ3) is 3.37. The molecule has 6 nitrogen and oxygen atoms in total. The minimum atomic E-state index is -0.935. The summed E-state index contributed by atoms with van der Waals surface area (Å²) in [5, 5.41) is 13.6. The van der Waals surface area contributed by atoms with Crippen LogP contribution in [0.4, 0.5) is 8.78 Å². The largest absolute Gasteiger partial charge is 0.335 e. The van der Waals surface area contributed by atoms with Crippen molar-refractivity contribution in [2.75, 3.05) is 7.05 Å². The summed E-state index contributed by atoms with van der Waals surface area (Å²) >= 11 is 0. The van der Waals surface area contributed by atoms with Crippen LogP contribution in [-0.2, 0) is 0 Å². The number of H-pyrrole nitrogens is 1. The SMILES string of the molecule is C[C@@H](c1ccc(F)c(F)c1)N(C)C(=O)c1ccc(-c2nn[nH]n2)cc1. The first-order chi connectivity index (χ1) is 12.0. The number of hydrogen-bond donors (Lipinski definition) is 1. The molecule has 2 aromatic carbocycles. The number of amides is 1. The quantitative estimate of drug-likeness (QED) is 0.790. The van der Waals surface area contributed by atoms with Crippen molar-refractivity contribution >= 4 is 5.91 Å². The number of carbonyl (C=O) groups is 1. The topological polar surface area (TPSA) is 74.8 Å². The molecule has 0 unspecified atom stereocenters. The smallest absolute Gasteiger partial charge is 0.254 e. The summed E-state index contributed by atoms with van der Waals surface area (Å²) in [6.45, 7) is 1.75. The van der Waals surface area contributed by atoms with Crippen molar-refractivity contribution in [3.05, 3.63) is 65.2 Å². The van der Waals surface area contributed by atoms with E-state index in [1.54, 1.807) is 38.2 Å². The second kappa shape index (κ2) is 6.76. The van der Waals surface area contributed by atoms with E-state index in [1.165, 1.54) is 11.0 Å². The number of aromatic amines is 1. The van der Waals surface area contributed by atoms with E-state index in [1.807, 2.05) is 0 Å². The maximum Gasteiger partial charge on any atom is 0.254 e. The lowest BCUT2D eigenvalue weighted by atomic mass is 10.1. The highest BCUT2D eigenvalue weighted by Gasteiger charge is 2.20. The minimum Gasteiger partial charge on any atom is -0.335 e. The van der Waals surface area contributed by atoms with Gasteiger partial charge in [0.15, 0.2) is 11.6 Å². The number of nitrogens with zero attached hydrogens (tertiary/aromatic N) is 4. The van der Waals surface area contributed by atoms with Crippen LogP contribution in [0.1, 0.15) is 28.9 Å². The van der Waals surface area contributed by atoms with Gasteiger partial charge in [0.1, 0.15) is 0 Å². The van der Waals surface area contributed by atoms with E-state index < -0.39 is 17.7 Å². The third-order valence-electron chi connectivity index (χ3n) is 4.06. The van der Waals surface area contributed by atoms with E-state index >= 15 is 0 Å². The summed E-state index contributed by atoms with van der Waals surface area (Å²) in [5.41, 5.74) is 1.70. The van der Waals surface area contributed by atoms with Crippen LogP contribution in [0.15, 0.2) is 42.5 Å². The Hall–Kier alpha value is -3.16. The molecule has 128 valence electrons. The summed E-state index contributed by atoms with van der Waals surface area (Å²) in [5.74, 6) is -1.66. The van der Waals surface area contributed by atoms with Crippen LogP contribution >= 0.6 is 0 Å². The monoisotopic (exact) mass is 343 g/mol. The molecule has 0 bridgehead atoms. The number of benzene rings is 2. The third-order valence-corrected chi connectivity index (χ3v) is 4.06. The van der Waals surface area contributed by atoms with Gasteiger partial charge in [-0.25, -0.2) is 8.78 Å². The minimum absolute atomic E-state index is 0.239. The predicted molar refractivity (Wildman–Crippen MR) is 86.5 cm³/mol. The highest BCUT2D eigenvalue weighted by atomic mass is 19.2. The molecule has 0 aliphatic carbocycles. The molecule has 1 atom stereocenters. The Morgan fingerprint density at radius 1 is 1.12 bits per heavy atom. The lowest BCUT2D eigenvalue weighted by molar-refractivity contribution is 0.0742. The predicted octanol–water partition coefficient (Wildman–Crippen LogP) is 2.98. The van der Waals surface area contributed by atoms with Gasteiger partial charge in [0.25, 0.3) is 5.91 Å². The standard InChI is InChI=1S/C17H15F2N5O/c1-10(13-7-8-14(18)15(19)9-13)24(2)17(25)12-5-3-11(4-6-12)16-20-22-23-21-16/h3-10H,1-2H3,(H,20,21,22,23)/t10-/m0/s1. The van der Waals surface area contributed by atoms with Crippen molar-refractivity contribution in [3.63, 3.8) is 0 Å². The molecular formula is C17H15F2N5O. The van der Waals surface area contributed by atoms with Crippen molar-refractivity contribution in [2.24, 2.45) is 0 Å². The van der Waals surface area contributed by atoms with E-state index in [0.717, 1.165) is 17.7 Å². The molecule has 0 saturated heterocycles. The maximum atomic E-state index is 13.4. The van der Waals surface area contributed by atoms with Gasteiger partial charge >= 0.3 is 0 Å². The van der Waals surface area contributed by atoms with Crippen LogP contribution in [0.25, 0.3) is 11.4 Å². The van der Waals surface area contributed by atoms with Crippen LogP contribution in [0.2, 0.25) is 0 Å². The van der Waals surface area contributed by atoms with Crippen LogP contribution < -0.4 is 0 Å². The first-order valence-electron chi connectivity index (χ1n) is 7.53. The molecule has 8 heteroatoms. The van der Waals surface area contributed by atoms with E-state index in [9.17, 15) is 13.6 Å². The fourth-order valence-electron chi connectivity index (χ4n) is 2.42. The highest BCUT2D eigenvalue weighted by Crippen LogP contribution is 2.23. The Morgan fingerprint density at radius 2 is 1.84 bits per heavy atom. The van der Waals surface area contributed by atoms with Gasteiger partial charge in [0, 0.05) is 18.2 Å². The van der Waals surface area contributed by atoms with Crippen molar-refractivity contribution in [1.82, 2.24) is 25.5 Å². The van der Waals surface area contributed by atoms with Crippen LogP contribution in [0.3, 0.4) is 0 Å². The number of rotatable bonds is 4. The van der Waals surface area contributed by atoms with Crippen molar-refractivity contribution in [2.45, 2.75) is 13.0 Å². The number of aromatic nitrogens is 4. The van der Waals surface area contributed by atoms with Crippen LogP contribution in [-0.4, -0.2) is 38.5 Å². The Balaban J connectivity index is 1.78. The molecule has 0 fully saturated rings. The van der Waals surface area contributed by atoms with Crippen LogP contribution in [0.5, 0.6) is 0 Å². The number of halogens is 2. The Morgan fingerprint density at radius 3 is 2.44 bits per heavy atom. The van der Waals surface area contributed by atoms with Crippen molar-refractivity contribution in [3.8, 4) is 11.4 Å². The highest BCUT2D eigenvalue weighted by molar-refractivity contribution is 5.94. The fraction of sp³-hybridized carbons (Fsp3) is 0.176. The first kappa shape index (κ1) is 16.7. The van der Waals surface area contributed by atoms with Gasteiger partial charge in [-0.15, -0.1) is 10.2 Å². The summed E-state index contributed by atoms with van der Waals surface area (Å²) in [6, 6.07) is 9.95. The van der Waals surface area contributed by atoms with E-state index in [4.69, 9.17) is 0 Å². The van der Waals surface area contributed by atoms with Gasteiger partial charge in [-0.05, 0) is 42.0 Å². The summed E-state index contributed by atoms with van der Waals surface area (Å²) in [6.07, 6.45) is 0. The van der Waals surface area contributed by atoms with Crippen LogP contribution in [0, 0.1) is 11.6 Å². The Kier molecular flexibility index (Phi) is 4.51. The lowest BCUT2D eigenvalue weighted by Crippen LogP contribution is -2.29.